The molecular formula is C15H20N4S. The predicted molar refractivity (Wildman–Crippen MR) is 81.9 cm³/mol. The molecule has 1 saturated heterocycles. The monoisotopic (exact) mass is 288 g/mol. The van der Waals surface area contributed by atoms with Crippen molar-refractivity contribution in [3.8, 4) is 0 Å². The normalized spacial score (nSPS) is 19.6. The lowest BCUT2D eigenvalue weighted by molar-refractivity contribution is 0.189. The lowest BCUT2D eigenvalue weighted by Crippen LogP contribution is -2.27. The molecule has 3 rings (SSSR count). The lowest BCUT2D eigenvalue weighted by atomic mass is 10.0. The van der Waals surface area contributed by atoms with E-state index in [1.807, 2.05) is 16.3 Å². The summed E-state index contributed by atoms with van der Waals surface area (Å²) in [4.78, 5) is 2.47. The molecule has 1 unspecified atom stereocenters. The molecule has 1 atom stereocenters. The van der Waals surface area contributed by atoms with Crippen molar-refractivity contribution in [2.45, 2.75) is 32.5 Å². The van der Waals surface area contributed by atoms with Gasteiger partial charge in [-0.1, -0.05) is 29.8 Å². The van der Waals surface area contributed by atoms with E-state index in [4.69, 9.17) is 12.2 Å². The third kappa shape index (κ3) is 2.55. The first-order chi connectivity index (χ1) is 9.65. The highest BCUT2D eigenvalue weighted by Crippen LogP contribution is 2.32. The van der Waals surface area contributed by atoms with E-state index in [0.29, 0.717) is 6.04 Å². The van der Waals surface area contributed by atoms with Gasteiger partial charge in [0.05, 0.1) is 6.67 Å². The second-order valence-electron chi connectivity index (χ2n) is 5.55. The van der Waals surface area contributed by atoms with Gasteiger partial charge in [-0.05, 0) is 37.5 Å². The van der Waals surface area contributed by atoms with Crippen molar-refractivity contribution in [3.63, 3.8) is 0 Å². The van der Waals surface area contributed by atoms with Crippen molar-refractivity contribution in [2.75, 3.05) is 6.54 Å². The number of likely N-dealkylation sites (tertiary alicyclic amines) is 1. The van der Waals surface area contributed by atoms with Crippen LogP contribution in [-0.2, 0) is 13.7 Å². The van der Waals surface area contributed by atoms with Gasteiger partial charge in [-0.15, -0.1) is 0 Å². The fourth-order valence-corrected chi connectivity index (χ4v) is 3.00. The highest BCUT2D eigenvalue weighted by molar-refractivity contribution is 7.71. The number of hydrogen-bond donors (Lipinski definition) is 0. The minimum absolute atomic E-state index is 0.486. The molecule has 0 saturated carbocycles. The van der Waals surface area contributed by atoms with Crippen molar-refractivity contribution in [1.29, 1.82) is 0 Å². The topological polar surface area (TPSA) is 26.0 Å². The second kappa shape index (κ2) is 5.50. The molecule has 1 fully saturated rings. The Morgan fingerprint density at radius 1 is 1.30 bits per heavy atom. The number of aromatic nitrogens is 3. The van der Waals surface area contributed by atoms with Crippen LogP contribution in [0, 0.1) is 11.7 Å². The molecule has 0 spiro atoms. The first-order valence-electron chi connectivity index (χ1n) is 7.04. The minimum Gasteiger partial charge on any atom is -0.310 e. The van der Waals surface area contributed by atoms with Gasteiger partial charge in [0.2, 0.25) is 0 Å². The Balaban J connectivity index is 1.80. The smallest absolute Gasteiger partial charge is 0.198 e. The first kappa shape index (κ1) is 13.5. The molecule has 0 aliphatic carbocycles. The van der Waals surface area contributed by atoms with Crippen molar-refractivity contribution >= 4 is 12.2 Å². The minimum atomic E-state index is 0.486. The fraction of sp³-hybridized carbons (Fsp3) is 0.467. The standard InChI is InChI=1S/C15H20N4S/c1-12-5-7-13(8-6-12)14-4-3-9-18(14)11-19-15(20)17(2)10-16-19/h5-8,10,14H,3-4,9,11H2,1-2H3. The lowest BCUT2D eigenvalue weighted by Gasteiger charge is -2.24. The molecule has 1 aliphatic rings. The van der Waals surface area contributed by atoms with Gasteiger partial charge in [0.25, 0.3) is 0 Å². The molecule has 0 N–H and O–H groups in total. The third-order valence-electron chi connectivity index (χ3n) is 4.03. The quantitative estimate of drug-likeness (QED) is 0.812. The molecule has 2 heterocycles. The number of aryl methyl sites for hydroxylation is 2. The molecule has 106 valence electrons. The van der Waals surface area contributed by atoms with Crippen LogP contribution in [-0.4, -0.2) is 25.8 Å². The van der Waals surface area contributed by atoms with Gasteiger partial charge in [-0.25, -0.2) is 4.68 Å². The van der Waals surface area contributed by atoms with Crippen LogP contribution in [0.2, 0.25) is 0 Å². The maximum absolute atomic E-state index is 5.37. The summed E-state index contributed by atoms with van der Waals surface area (Å²) in [5.41, 5.74) is 2.71. The van der Waals surface area contributed by atoms with Crippen molar-refractivity contribution < 1.29 is 0 Å². The largest absolute Gasteiger partial charge is 0.310 e. The summed E-state index contributed by atoms with van der Waals surface area (Å²) in [5.74, 6) is 0. The molecule has 1 aromatic carbocycles. The summed E-state index contributed by atoms with van der Waals surface area (Å²) < 4.78 is 4.56. The number of benzene rings is 1. The van der Waals surface area contributed by atoms with Gasteiger partial charge < -0.3 is 4.57 Å². The number of rotatable bonds is 3. The fourth-order valence-electron chi connectivity index (χ4n) is 2.85. The zero-order chi connectivity index (χ0) is 14.1. The summed E-state index contributed by atoms with van der Waals surface area (Å²) in [7, 11) is 1.94. The van der Waals surface area contributed by atoms with Crippen LogP contribution in [0.3, 0.4) is 0 Å². The van der Waals surface area contributed by atoms with Crippen molar-refractivity contribution in [3.05, 3.63) is 46.5 Å². The van der Waals surface area contributed by atoms with E-state index in [0.717, 1.165) is 18.0 Å². The van der Waals surface area contributed by atoms with Gasteiger partial charge in [-0.2, -0.15) is 5.10 Å². The highest BCUT2D eigenvalue weighted by Gasteiger charge is 2.26. The number of nitrogens with zero attached hydrogens (tertiary/aromatic N) is 4. The van der Waals surface area contributed by atoms with E-state index < -0.39 is 0 Å². The van der Waals surface area contributed by atoms with Crippen LogP contribution >= 0.6 is 12.2 Å². The van der Waals surface area contributed by atoms with E-state index in [-0.39, 0.29) is 0 Å². The highest BCUT2D eigenvalue weighted by atomic mass is 32.1. The van der Waals surface area contributed by atoms with Crippen LogP contribution in [0.4, 0.5) is 0 Å². The zero-order valence-electron chi connectivity index (χ0n) is 12.0. The molecule has 0 amide bonds. The molecular weight excluding hydrogens is 268 g/mol. The maximum atomic E-state index is 5.37. The summed E-state index contributed by atoms with van der Waals surface area (Å²) in [6.07, 6.45) is 4.22. The van der Waals surface area contributed by atoms with Crippen LogP contribution in [0.5, 0.6) is 0 Å². The second-order valence-corrected chi connectivity index (χ2v) is 5.91. The Hall–Kier alpha value is -1.46. The number of hydrogen-bond acceptors (Lipinski definition) is 3. The summed E-state index contributed by atoms with van der Waals surface area (Å²) in [6.45, 7) is 4.01. The van der Waals surface area contributed by atoms with Crippen LogP contribution in [0.1, 0.15) is 30.0 Å². The van der Waals surface area contributed by atoms with Gasteiger partial charge in [-0.3, -0.25) is 4.90 Å². The SMILES string of the molecule is Cc1ccc(C2CCCN2Cn2ncn(C)c2=S)cc1. The van der Waals surface area contributed by atoms with Gasteiger partial charge in [0.1, 0.15) is 6.33 Å². The average molecular weight is 288 g/mol. The first-order valence-corrected chi connectivity index (χ1v) is 7.45. The Morgan fingerprint density at radius 2 is 2.05 bits per heavy atom. The molecule has 4 nitrogen and oxygen atoms in total. The summed E-state index contributed by atoms with van der Waals surface area (Å²) in [5, 5.41) is 4.35. The van der Waals surface area contributed by atoms with E-state index in [9.17, 15) is 0 Å². The summed E-state index contributed by atoms with van der Waals surface area (Å²) >= 11 is 5.37. The Morgan fingerprint density at radius 3 is 2.70 bits per heavy atom. The molecule has 5 heteroatoms. The van der Waals surface area contributed by atoms with E-state index in [1.165, 1.54) is 24.0 Å². The van der Waals surface area contributed by atoms with Crippen LogP contribution in [0.15, 0.2) is 30.6 Å². The van der Waals surface area contributed by atoms with Crippen LogP contribution in [0.25, 0.3) is 0 Å². The van der Waals surface area contributed by atoms with Gasteiger partial charge in [0, 0.05) is 19.6 Å². The van der Waals surface area contributed by atoms with E-state index >= 15 is 0 Å². The third-order valence-corrected chi connectivity index (χ3v) is 4.53. The molecule has 2 aromatic rings. The van der Waals surface area contributed by atoms with Crippen molar-refractivity contribution in [1.82, 2.24) is 19.2 Å². The van der Waals surface area contributed by atoms with Gasteiger partial charge in [0.15, 0.2) is 4.77 Å². The predicted octanol–water partition coefficient (Wildman–Crippen LogP) is 3.05. The average Bonchev–Trinajstić information content (AvgIpc) is 3.02. The molecule has 1 aliphatic heterocycles. The van der Waals surface area contributed by atoms with E-state index in [1.54, 1.807) is 6.33 Å². The van der Waals surface area contributed by atoms with Crippen LogP contribution < -0.4 is 0 Å². The van der Waals surface area contributed by atoms with E-state index in [2.05, 4.69) is 41.2 Å². The Labute approximate surface area is 124 Å². The maximum Gasteiger partial charge on any atom is 0.198 e. The molecule has 0 bridgehead atoms. The Kier molecular flexibility index (Phi) is 3.72. The molecule has 1 aromatic heterocycles. The van der Waals surface area contributed by atoms with Crippen molar-refractivity contribution in [2.24, 2.45) is 7.05 Å². The summed E-state index contributed by atoms with van der Waals surface area (Å²) in [6, 6.07) is 9.36. The Bertz CT molecular complexity index is 641. The zero-order valence-corrected chi connectivity index (χ0v) is 12.8. The molecule has 0 radical (unpaired) electrons. The molecule has 20 heavy (non-hydrogen) atoms. The van der Waals surface area contributed by atoms with Gasteiger partial charge >= 0.3 is 0 Å².